The lowest BCUT2D eigenvalue weighted by Crippen LogP contribution is -2.40. The maximum atomic E-state index is 11.6. The summed E-state index contributed by atoms with van der Waals surface area (Å²) in [4.78, 5) is 11.6. The number of nitrogens with one attached hydrogen (secondary N) is 1. The highest BCUT2D eigenvalue weighted by atomic mass is 16.5. The number of hydrogen-bond acceptors (Lipinski definition) is 4. The molecule has 0 radical (unpaired) electrons. The second-order valence-corrected chi connectivity index (χ2v) is 4.23. The minimum Gasteiger partial charge on any atom is -0.381 e. The quantitative estimate of drug-likeness (QED) is 0.730. The van der Waals surface area contributed by atoms with Crippen molar-refractivity contribution in [2.24, 2.45) is 13.0 Å². The van der Waals surface area contributed by atoms with Gasteiger partial charge >= 0.3 is 5.69 Å². The van der Waals surface area contributed by atoms with Crippen molar-refractivity contribution in [2.75, 3.05) is 20.3 Å². The zero-order chi connectivity index (χ0) is 11.5. The standard InChI is InChI=1S/C10H18N4O2/c1-11-9(8-3-4-16-6-8)5-14-10(15)13(2)7-12-14/h7-9,11H,3-6H2,1-2H3. The molecular weight excluding hydrogens is 208 g/mol. The Labute approximate surface area is 94.2 Å². The van der Waals surface area contributed by atoms with Gasteiger partial charge in [0.1, 0.15) is 6.33 Å². The lowest BCUT2D eigenvalue weighted by atomic mass is 9.99. The first-order chi connectivity index (χ1) is 7.72. The number of rotatable bonds is 4. The summed E-state index contributed by atoms with van der Waals surface area (Å²) in [5, 5.41) is 7.30. The molecule has 1 aliphatic rings. The van der Waals surface area contributed by atoms with Gasteiger partial charge in [-0.1, -0.05) is 0 Å². The SMILES string of the molecule is CNC(Cn1ncn(C)c1=O)C1CCOC1. The molecule has 1 aromatic rings. The highest BCUT2D eigenvalue weighted by molar-refractivity contribution is 4.79. The van der Waals surface area contributed by atoms with Crippen molar-refractivity contribution in [2.45, 2.75) is 19.0 Å². The van der Waals surface area contributed by atoms with Crippen LogP contribution in [0.15, 0.2) is 11.1 Å². The molecule has 6 heteroatoms. The van der Waals surface area contributed by atoms with Gasteiger partial charge in [0.2, 0.25) is 0 Å². The number of likely N-dealkylation sites (N-methyl/N-ethyl adjacent to an activating group) is 1. The normalized spacial score (nSPS) is 22.5. The van der Waals surface area contributed by atoms with E-state index in [1.54, 1.807) is 13.4 Å². The Morgan fingerprint density at radius 2 is 2.56 bits per heavy atom. The molecule has 16 heavy (non-hydrogen) atoms. The van der Waals surface area contributed by atoms with E-state index in [2.05, 4.69) is 10.4 Å². The maximum absolute atomic E-state index is 11.6. The van der Waals surface area contributed by atoms with Crippen LogP contribution in [0.1, 0.15) is 6.42 Å². The van der Waals surface area contributed by atoms with Crippen molar-refractivity contribution >= 4 is 0 Å². The van der Waals surface area contributed by atoms with E-state index >= 15 is 0 Å². The summed E-state index contributed by atoms with van der Waals surface area (Å²) >= 11 is 0. The lowest BCUT2D eigenvalue weighted by Gasteiger charge is -2.20. The van der Waals surface area contributed by atoms with E-state index in [1.807, 2.05) is 7.05 Å². The van der Waals surface area contributed by atoms with Crippen LogP contribution in [0.2, 0.25) is 0 Å². The van der Waals surface area contributed by atoms with Crippen molar-refractivity contribution < 1.29 is 4.74 Å². The van der Waals surface area contributed by atoms with Gasteiger partial charge in [-0.05, 0) is 13.5 Å². The van der Waals surface area contributed by atoms with Crippen LogP contribution in [0, 0.1) is 5.92 Å². The van der Waals surface area contributed by atoms with Gasteiger partial charge in [-0.3, -0.25) is 4.57 Å². The summed E-state index contributed by atoms with van der Waals surface area (Å²) in [5.74, 6) is 0.471. The Morgan fingerprint density at radius 1 is 1.75 bits per heavy atom. The topological polar surface area (TPSA) is 61.1 Å². The van der Waals surface area contributed by atoms with Crippen LogP contribution in [-0.4, -0.2) is 40.7 Å². The molecule has 2 heterocycles. The Balaban J connectivity index is 2.06. The number of aryl methyl sites for hydroxylation is 1. The molecule has 2 rings (SSSR count). The highest BCUT2D eigenvalue weighted by Crippen LogP contribution is 2.17. The van der Waals surface area contributed by atoms with Crippen LogP contribution in [0.3, 0.4) is 0 Å². The van der Waals surface area contributed by atoms with Crippen molar-refractivity contribution in [3.8, 4) is 0 Å². The van der Waals surface area contributed by atoms with Crippen LogP contribution in [0.25, 0.3) is 0 Å². The highest BCUT2D eigenvalue weighted by Gasteiger charge is 2.25. The fourth-order valence-electron chi connectivity index (χ4n) is 2.08. The van der Waals surface area contributed by atoms with E-state index in [-0.39, 0.29) is 11.7 Å². The van der Waals surface area contributed by atoms with Gasteiger partial charge in [-0.2, -0.15) is 5.10 Å². The third kappa shape index (κ3) is 2.17. The molecule has 1 saturated heterocycles. The van der Waals surface area contributed by atoms with Gasteiger partial charge in [0.25, 0.3) is 0 Å². The van der Waals surface area contributed by atoms with Crippen molar-refractivity contribution in [1.29, 1.82) is 0 Å². The van der Waals surface area contributed by atoms with E-state index in [1.165, 1.54) is 9.25 Å². The second-order valence-electron chi connectivity index (χ2n) is 4.23. The third-order valence-electron chi connectivity index (χ3n) is 3.16. The van der Waals surface area contributed by atoms with Gasteiger partial charge in [0, 0.05) is 25.6 Å². The van der Waals surface area contributed by atoms with Crippen molar-refractivity contribution in [3.63, 3.8) is 0 Å². The molecule has 0 saturated carbocycles. The van der Waals surface area contributed by atoms with Crippen LogP contribution in [0.4, 0.5) is 0 Å². The Kier molecular flexibility index (Phi) is 3.40. The molecule has 0 amide bonds. The number of nitrogens with zero attached hydrogens (tertiary/aromatic N) is 3. The maximum Gasteiger partial charge on any atom is 0.345 e. The molecule has 1 aliphatic heterocycles. The predicted octanol–water partition coefficient (Wildman–Crippen LogP) is -0.794. The molecule has 0 bridgehead atoms. The predicted molar refractivity (Wildman–Crippen MR) is 59.2 cm³/mol. The molecule has 2 unspecified atom stereocenters. The van der Waals surface area contributed by atoms with Crippen molar-refractivity contribution in [3.05, 3.63) is 16.8 Å². The monoisotopic (exact) mass is 226 g/mol. The van der Waals surface area contributed by atoms with Crippen molar-refractivity contribution in [1.82, 2.24) is 19.7 Å². The molecule has 0 spiro atoms. The average Bonchev–Trinajstić information content (AvgIpc) is 2.90. The largest absolute Gasteiger partial charge is 0.381 e. The van der Waals surface area contributed by atoms with E-state index in [0.29, 0.717) is 12.5 Å². The van der Waals surface area contributed by atoms with E-state index in [9.17, 15) is 4.79 Å². The summed E-state index contributed by atoms with van der Waals surface area (Å²) in [7, 11) is 3.62. The molecule has 1 fully saturated rings. The van der Waals surface area contributed by atoms with Gasteiger partial charge in [-0.15, -0.1) is 0 Å². The molecule has 6 nitrogen and oxygen atoms in total. The number of ether oxygens (including phenoxy) is 1. The first-order valence-corrected chi connectivity index (χ1v) is 5.56. The van der Waals surface area contributed by atoms with Gasteiger partial charge < -0.3 is 10.1 Å². The molecule has 0 aliphatic carbocycles. The first kappa shape index (κ1) is 11.3. The fraction of sp³-hybridized carbons (Fsp3) is 0.800. The number of aromatic nitrogens is 3. The summed E-state index contributed by atoms with van der Waals surface area (Å²) in [6.45, 7) is 2.19. The molecule has 90 valence electrons. The lowest BCUT2D eigenvalue weighted by molar-refractivity contribution is 0.174. The smallest absolute Gasteiger partial charge is 0.345 e. The molecular formula is C10H18N4O2. The minimum absolute atomic E-state index is 0.0702. The van der Waals surface area contributed by atoms with E-state index < -0.39 is 0 Å². The van der Waals surface area contributed by atoms with Crippen LogP contribution in [0.5, 0.6) is 0 Å². The molecule has 0 aromatic carbocycles. The van der Waals surface area contributed by atoms with Gasteiger partial charge in [0.05, 0.1) is 13.2 Å². The van der Waals surface area contributed by atoms with E-state index in [4.69, 9.17) is 4.74 Å². The Bertz CT molecular complexity index is 392. The molecule has 2 atom stereocenters. The summed E-state index contributed by atoms with van der Waals surface area (Å²) in [6.07, 6.45) is 2.59. The minimum atomic E-state index is -0.0702. The van der Waals surface area contributed by atoms with Crippen LogP contribution in [-0.2, 0) is 18.3 Å². The third-order valence-corrected chi connectivity index (χ3v) is 3.16. The number of hydrogen-bond donors (Lipinski definition) is 1. The first-order valence-electron chi connectivity index (χ1n) is 5.56. The summed E-state index contributed by atoms with van der Waals surface area (Å²) < 4.78 is 8.34. The fourth-order valence-corrected chi connectivity index (χ4v) is 2.08. The van der Waals surface area contributed by atoms with Gasteiger partial charge in [-0.25, -0.2) is 9.48 Å². The Hall–Kier alpha value is -1.14. The average molecular weight is 226 g/mol. The molecule has 1 aromatic heterocycles. The van der Waals surface area contributed by atoms with Crippen LogP contribution < -0.4 is 11.0 Å². The second kappa shape index (κ2) is 4.80. The Morgan fingerprint density at radius 3 is 3.06 bits per heavy atom. The molecule has 1 N–H and O–H groups in total. The van der Waals surface area contributed by atoms with Crippen LogP contribution >= 0.6 is 0 Å². The summed E-state index contributed by atoms with van der Waals surface area (Å²) in [6, 6.07) is 0.245. The zero-order valence-corrected chi connectivity index (χ0v) is 9.72. The zero-order valence-electron chi connectivity index (χ0n) is 9.72. The summed E-state index contributed by atoms with van der Waals surface area (Å²) in [5.41, 5.74) is -0.0702. The van der Waals surface area contributed by atoms with E-state index in [0.717, 1.165) is 19.6 Å². The van der Waals surface area contributed by atoms with Gasteiger partial charge in [0.15, 0.2) is 0 Å².